The molecule has 1 amide bonds. The van der Waals surface area contributed by atoms with Crippen molar-refractivity contribution >= 4 is 17.5 Å². The Bertz CT molecular complexity index is 328. The molecule has 0 radical (unpaired) electrons. The van der Waals surface area contributed by atoms with E-state index in [4.69, 9.17) is 17.3 Å². The van der Waals surface area contributed by atoms with Crippen LogP contribution in [0.15, 0.2) is 24.3 Å². The van der Waals surface area contributed by atoms with E-state index in [0.29, 0.717) is 5.02 Å². The van der Waals surface area contributed by atoms with Crippen LogP contribution in [0.25, 0.3) is 0 Å². The van der Waals surface area contributed by atoms with E-state index >= 15 is 0 Å². The van der Waals surface area contributed by atoms with Crippen LogP contribution in [-0.2, 0) is 4.79 Å². The highest BCUT2D eigenvalue weighted by Gasteiger charge is 2.10. The van der Waals surface area contributed by atoms with Crippen molar-refractivity contribution in [2.75, 3.05) is 6.54 Å². The van der Waals surface area contributed by atoms with Crippen LogP contribution in [0, 0.1) is 0 Å². The summed E-state index contributed by atoms with van der Waals surface area (Å²) in [6.45, 7) is 1.86. The average molecular weight is 213 g/mol. The third kappa shape index (κ3) is 2.72. The van der Waals surface area contributed by atoms with Crippen molar-refractivity contribution in [1.82, 2.24) is 5.32 Å². The van der Waals surface area contributed by atoms with Gasteiger partial charge < -0.3 is 11.1 Å². The molecule has 0 saturated carbocycles. The van der Waals surface area contributed by atoms with Crippen molar-refractivity contribution in [2.24, 2.45) is 5.73 Å². The SMILES string of the molecule is CC(NC(=O)CN)c1ccccc1Cl. The van der Waals surface area contributed by atoms with Crippen LogP contribution in [0.3, 0.4) is 0 Å². The first-order valence-electron chi connectivity index (χ1n) is 4.39. The number of benzene rings is 1. The van der Waals surface area contributed by atoms with Gasteiger partial charge in [0.25, 0.3) is 0 Å². The molecule has 0 aliphatic rings. The van der Waals surface area contributed by atoms with E-state index in [2.05, 4.69) is 5.32 Å². The van der Waals surface area contributed by atoms with Gasteiger partial charge in [-0.25, -0.2) is 0 Å². The number of carbonyl (C=O) groups excluding carboxylic acids is 1. The zero-order valence-electron chi connectivity index (χ0n) is 7.96. The van der Waals surface area contributed by atoms with Gasteiger partial charge in [-0.2, -0.15) is 0 Å². The van der Waals surface area contributed by atoms with Gasteiger partial charge in [0.2, 0.25) is 5.91 Å². The highest BCUT2D eigenvalue weighted by molar-refractivity contribution is 6.31. The Morgan fingerprint density at radius 1 is 1.57 bits per heavy atom. The van der Waals surface area contributed by atoms with E-state index < -0.39 is 0 Å². The second kappa shape index (κ2) is 4.98. The van der Waals surface area contributed by atoms with Crippen LogP contribution in [0.5, 0.6) is 0 Å². The van der Waals surface area contributed by atoms with Gasteiger partial charge >= 0.3 is 0 Å². The monoisotopic (exact) mass is 212 g/mol. The van der Waals surface area contributed by atoms with Crippen molar-refractivity contribution in [1.29, 1.82) is 0 Å². The van der Waals surface area contributed by atoms with Crippen molar-refractivity contribution in [2.45, 2.75) is 13.0 Å². The molecule has 1 rings (SSSR count). The summed E-state index contributed by atoms with van der Waals surface area (Å²) in [5, 5.41) is 3.39. The lowest BCUT2D eigenvalue weighted by Gasteiger charge is -2.14. The fourth-order valence-corrected chi connectivity index (χ4v) is 1.50. The number of rotatable bonds is 3. The molecule has 0 heterocycles. The third-order valence-electron chi connectivity index (χ3n) is 1.93. The molecular formula is C10H13ClN2O. The van der Waals surface area contributed by atoms with Gasteiger partial charge in [0.05, 0.1) is 12.6 Å². The van der Waals surface area contributed by atoms with Crippen LogP contribution in [0.4, 0.5) is 0 Å². The molecule has 1 aromatic rings. The van der Waals surface area contributed by atoms with Crippen LogP contribution >= 0.6 is 11.6 Å². The second-order valence-corrected chi connectivity index (χ2v) is 3.42. The van der Waals surface area contributed by atoms with Crippen molar-refractivity contribution in [3.8, 4) is 0 Å². The van der Waals surface area contributed by atoms with Gasteiger partial charge in [-0.1, -0.05) is 29.8 Å². The summed E-state index contributed by atoms with van der Waals surface area (Å²) in [4.78, 5) is 11.0. The van der Waals surface area contributed by atoms with E-state index in [9.17, 15) is 4.79 Å². The number of halogens is 1. The predicted molar refractivity (Wildman–Crippen MR) is 57.1 cm³/mol. The van der Waals surface area contributed by atoms with Crippen LogP contribution in [0.2, 0.25) is 5.02 Å². The normalized spacial score (nSPS) is 12.2. The number of hydrogen-bond donors (Lipinski definition) is 2. The molecule has 0 saturated heterocycles. The molecule has 1 unspecified atom stereocenters. The average Bonchev–Trinajstić information content (AvgIpc) is 2.18. The fourth-order valence-electron chi connectivity index (χ4n) is 1.20. The number of amides is 1. The molecule has 14 heavy (non-hydrogen) atoms. The first kappa shape index (κ1) is 11.0. The Labute approximate surface area is 88.2 Å². The zero-order valence-corrected chi connectivity index (χ0v) is 8.71. The lowest BCUT2D eigenvalue weighted by atomic mass is 10.1. The lowest BCUT2D eigenvalue weighted by molar-refractivity contribution is -0.120. The summed E-state index contributed by atoms with van der Waals surface area (Å²) in [5.41, 5.74) is 6.09. The molecule has 3 nitrogen and oxygen atoms in total. The molecule has 0 aromatic heterocycles. The van der Waals surface area contributed by atoms with Crippen LogP contribution in [0.1, 0.15) is 18.5 Å². The Morgan fingerprint density at radius 3 is 2.79 bits per heavy atom. The number of nitrogens with one attached hydrogen (secondary N) is 1. The fraction of sp³-hybridized carbons (Fsp3) is 0.300. The highest BCUT2D eigenvalue weighted by Crippen LogP contribution is 2.21. The Morgan fingerprint density at radius 2 is 2.21 bits per heavy atom. The first-order valence-corrected chi connectivity index (χ1v) is 4.76. The molecule has 76 valence electrons. The smallest absolute Gasteiger partial charge is 0.234 e. The van der Waals surface area contributed by atoms with Crippen LogP contribution < -0.4 is 11.1 Å². The molecule has 0 bridgehead atoms. The Kier molecular flexibility index (Phi) is 3.92. The molecule has 1 atom stereocenters. The largest absolute Gasteiger partial charge is 0.348 e. The second-order valence-electron chi connectivity index (χ2n) is 3.01. The highest BCUT2D eigenvalue weighted by atomic mass is 35.5. The molecule has 3 N–H and O–H groups in total. The third-order valence-corrected chi connectivity index (χ3v) is 2.28. The topological polar surface area (TPSA) is 55.1 Å². The van der Waals surface area contributed by atoms with Gasteiger partial charge in [0.1, 0.15) is 0 Å². The minimum atomic E-state index is -0.183. The first-order chi connectivity index (χ1) is 6.65. The van der Waals surface area contributed by atoms with Crippen molar-refractivity contribution in [3.63, 3.8) is 0 Å². The molecule has 0 spiro atoms. The molecular weight excluding hydrogens is 200 g/mol. The maximum absolute atomic E-state index is 11.0. The standard InChI is InChI=1S/C10H13ClN2O/c1-7(13-10(14)6-12)8-4-2-3-5-9(8)11/h2-5,7H,6,12H2,1H3,(H,13,14). The van der Waals surface area contributed by atoms with Crippen molar-refractivity contribution < 1.29 is 4.79 Å². The molecule has 0 aliphatic carbocycles. The van der Waals surface area contributed by atoms with E-state index in [-0.39, 0.29) is 18.5 Å². The van der Waals surface area contributed by atoms with E-state index in [1.165, 1.54) is 0 Å². The maximum atomic E-state index is 11.0. The van der Waals surface area contributed by atoms with E-state index in [1.54, 1.807) is 6.07 Å². The van der Waals surface area contributed by atoms with E-state index in [0.717, 1.165) is 5.56 Å². The minimum Gasteiger partial charge on any atom is -0.348 e. The summed E-state index contributed by atoms with van der Waals surface area (Å²) in [6.07, 6.45) is 0. The summed E-state index contributed by atoms with van der Waals surface area (Å²) in [7, 11) is 0. The zero-order chi connectivity index (χ0) is 10.6. The Hall–Kier alpha value is -1.06. The van der Waals surface area contributed by atoms with Gasteiger partial charge in [-0.05, 0) is 18.6 Å². The van der Waals surface area contributed by atoms with Crippen molar-refractivity contribution in [3.05, 3.63) is 34.9 Å². The van der Waals surface area contributed by atoms with Crippen LogP contribution in [-0.4, -0.2) is 12.5 Å². The summed E-state index contributed by atoms with van der Waals surface area (Å²) in [5.74, 6) is -0.183. The van der Waals surface area contributed by atoms with Gasteiger partial charge in [-0.3, -0.25) is 4.79 Å². The molecule has 0 fully saturated rings. The predicted octanol–water partition coefficient (Wildman–Crippen LogP) is 1.48. The quantitative estimate of drug-likeness (QED) is 0.798. The molecule has 1 aromatic carbocycles. The number of carbonyl (C=O) groups is 1. The summed E-state index contributed by atoms with van der Waals surface area (Å²) >= 11 is 5.96. The van der Waals surface area contributed by atoms with Gasteiger partial charge in [0.15, 0.2) is 0 Å². The van der Waals surface area contributed by atoms with Gasteiger partial charge in [-0.15, -0.1) is 0 Å². The summed E-state index contributed by atoms with van der Waals surface area (Å²) in [6, 6.07) is 7.29. The molecule has 4 heteroatoms. The number of hydrogen-bond acceptors (Lipinski definition) is 2. The van der Waals surface area contributed by atoms with Gasteiger partial charge in [0, 0.05) is 5.02 Å². The minimum absolute atomic E-state index is 0.00517. The number of nitrogens with two attached hydrogens (primary N) is 1. The lowest BCUT2D eigenvalue weighted by Crippen LogP contribution is -2.32. The Balaban J connectivity index is 2.74. The maximum Gasteiger partial charge on any atom is 0.234 e. The van der Waals surface area contributed by atoms with E-state index in [1.807, 2.05) is 25.1 Å². The molecule has 0 aliphatic heterocycles. The summed E-state index contributed by atoms with van der Waals surface area (Å²) < 4.78 is 0.